The molecule has 1 aliphatic heterocycles. The third kappa shape index (κ3) is 4.19. The Balaban J connectivity index is 1.90. The van der Waals surface area contributed by atoms with Crippen LogP contribution in [-0.2, 0) is 20.4 Å². The van der Waals surface area contributed by atoms with Gasteiger partial charge in [0.05, 0.1) is 16.0 Å². The number of hydrogen-bond donors (Lipinski definition) is 2. The zero-order valence-corrected chi connectivity index (χ0v) is 18.0. The summed E-state index contributed by atoms with van der Waals surface area (Å²) >= 11 is 0. The number of carbonyl (C=O) groups is 1. The monoisotopic (exact) mass is 448 g/mol. The van der Waals surface area contributed by atoms with Crippen LogP contribution in [-0.4, -0.2) is 25.9 Å². The van der Waals surface area contributed by atoms with Gasteiger partial charge < -0.3 is 10.1 Å². The first kappa shape index (κ1) is 21.5. The maximum absolute atomic E-state index is 12.8. The lowest BCUT2D eigenvalue weighted by Crippen LogP contribution is -2.45. The quantitative estimate of drug-likeness (QED) is 0.590. The number of rotatable bonds is 1. The Hall–Kier alpha value is -3.74. The molecule has 162 valence electrons. The number of nitrogens with one attached hydrogen (secondary N) is 2. The number of aromatic nitrogens is 1. The number of nitrogens with zero attached hydrogens (tertiary/aromatic N) is 2. The van der Waals surface area contributed by atoms with E-state index in [1.807, 2.05) is 13.0 Å². The predicted molar refractivity (Wildman–Crippen MR) is 116 cm³/mol. The smallest absolute Gasteiger partial charge is 0.240 e. The summed E-state index contributed by atoms with van der Waals surface area (Å²) in [5.41, 5.74) is 0.676. The standard InChI is InChI=1S/C23H20N4O4S/c1-23(18-4-3-10-25-15-18)17-8-7-16(14-24)21(12-17)31-19-5-2-6-20(13-19)32(29,30)26-11-9-22(28)27-23/h2-8,10,12-13,15,26H,9,11H2,1H3,(H,27,28). The summed E-state index contributed by atoms with van der Waals surface area (Å²) in [7, 11) is -3.85. The molecule has 32 heavy (non-hydrogen) atoms. The van der Waals surface area contributed by atoms with E-state index in [-0.39, 0.29) is 40.8 Å². The fourth-order valence-electron chi connectivity index (χ4n) is 3.54. The lowest BCUT2D eigenvalue weighted by molar-refractivity contribution is -0.122. The van der Waals surface area contributed by atoms with Gasteiger partial charge in [-0.1, -0.05) is 18.2 Å². The van der Waals surface area contributed by atoms with Gasteiger partial charge in [-0.2, -0.15) is 5.26 Å². The molecule has 1 atom stereocenters. The number of carbonyl (C=O) groups excluding carboxylic acids is 1. The van der Waals surface area contributed by atoms with Crippen LogP contribution < -0.4 is 14.8 Å². The normalized spacial score (nSPS) is 20.2. The van der Waals surface area contributed by atoms with Crippen molar-refractivity contribution in [1.82, 2.24) is 15.0 Å². The molecule has 3 aromatic rings. The molecule has 8 nitrogen and oxygen atoms in total. The first-order valence-electron chi connectivity index (χ1n) is 9.85. The number of amides is 1. The van der Waals surface area contributed by atoms with E-state index in [4.69, 9.17) is 4.74 Å². The van der Waals surface area contributed by atoms with Crippen LogP contribution >= 0.6 is 0 Å². The number of hydrogen-bond acceptors (Lipinski definition) is 6. The number of benzene rings is 2. The second-order valence-electron chi connectivity index (χ2n) is 7.46. The highest BCUT2D eigenvalue weighted by Crippen LogP contribution is 2.35. The van der Waals surface area contributed by atoms with Crippen molar-refractivity contribution in [1.29, 1.82) is 5.26 Å². The number of nitriles is 1. The Morgan fingerprint density at radius 2 is 1.97 bits per heavy atom. The zero-order valence-electron chi connectivity index (χ0n) is 17.2. The molecule has 1 aliphatic rings. The Morgan fingerprint density at radius 3 is 2.72 bits per heavy atom. The zero-order chi connectivity index (χ0) is 22.8. The minimum Gasteiger partial charge on any atom is -0.456 e. The maximum Gasteiger partial charge on any atom is 0.240 e. The third-order valence-electron chi connectivity index (χ3n) is 5.30. The van der Waals surface area contributed by atoms with Crippen molar-refractivity contribution in [3.05, 3.63) is 83.7 Å². The van der Waals surface area contributed by atoms with Crippen LogP contribution in [0.15, 0.2) is 71.9 Å². The topological polar surface area (TPSA) is 121 Å². The van der Waals surface area contributed by atoms with Crippen LogP contribution in [0.4, 0.5) is 0 Å². The maximum atomic E-state index is 12.8. The van der Waals surface area contributed by atoms with Crippen LogP contribution in [0.5, 0.6) is 11.5 Å². The Bertz CT molecular complexity index is 1320. The molecule has 0 radical (unpaired) electrons. The first-order valence-corrected chi connectivity index (χ1v) is 11.3. The largest absolute Gasteiger partial charge is 0.456 e. The summed E-state index contributed by atoms with van der Waals surface area (Å²) in [6.45, 7) is 1.75. The molecular weight excluding hydrogens is 428 g/mol. The van der Waals surface area contributed by atoms with Crippen molar-refractivity contribution in [3.8, 4) is 17.6 Å². The summed E-state index contributed by atoms with van der Waals surface area (Å²) < 4.78 is 33.6. The lowest BCUT2D eigenvalue weighted by atomic mass is 9.84. The minimum atomic E-state index is -3.85. The van der Waals surface area contributed by atoms with Crippen LogP contribution in [0.2, 0.25) is 0 Å². The van der Waals surface area contributed by atoms with Crippen LogP contribution in [0, 0.1) is 11.3 Å². The molecule has 9 heteroatoms. The molecule has 2 heterocycles. The first-order chi connectivity index (χ1) is 15.3. The minimum absolute atomic E-state index is 0.00216. The number of fused-ring (bicyclic) bond motifs is 4. The van der Waals surface area contributed by atoms with Crippen molar-refractivity contribution < 1.29 is 17.9 Å². The van der Waals surface area contributed by atoms with E-state index in [1.165, 1.54) is 12.1 Å². The third-order valence-corrected chi connectivity index (χ3v) is 6.75. The van der Waals surface area contributed by atoms with E-state index >= 15 is 0 Å². The molecule has 0 aliphatic carbocycles. The van der Waals surface area contributed by atoms with Gasteiger partial charge in [0.25, 0.3) is 0 Å². The Labute approximate surface area is 185 Å². The van der Waals surface area contributed by atoms with Crippen LogP contribution in [0.3, 0.4) is 0 Å². The molecule has 2 N–H and O–H groups in total. The number of sulfonamides is 1. The van der Waals surface area contributed by atoms with Crippen molar-refractivity contribution in [2.24, 2.45) is 0 Å². The van der Waals surface area contributed by atoms with E-state index in [9.17, 15) is 18.5 Å². The van der Waals surface area contributed by atoms with Gasteiger partial charge in [0, 0.05) is 37.0 Å². The SMILES string of the molecule is CC1(c2cccnc2)NC(=O)CCNS(=O)(=O)c2cccc(c2)Oc2cc1ccc2C#N. The van der Waals surface area contributed by atoms with Gasteiger partial charge in [0.1, 0.15) is 17.6 Å². The molecule has 1 unspecified atom stereocenters. The molecular formula is C23H20N4O4S. The molecule has 2 aromatic carbocycles. The fraction of sp³-hybridized carbons (Fsp3) is 0.174. The van der Waals surface area contributed by atoms with Gasteiger partial charge >= 0.3 is 0 Å². The van der Waals surface area contributed by atoms with E-state index in [0.717, 1.165) is 5.56 Å². The van der Waals surface area contributed by atoms with Crippen molar-refractivity contribution in [3.63, 3.8) is 0 Å². The summed E-state index contributed by atoms with van der Waals surface area (Å²) in [6.07, 6.45) is 3.22. The van der Waals surface area contributed by atoms with E-state index in [0.29, 0.717) is 5.56 Å². The van der Waals surface area contributed by atoms with E-state index < -0.39 is 15.6 Å². The molecule has 1 amide bonds. The van der Waals surface area contributed by atoms with Gasteiger partial charge in [0.2, 0.25) is 15.9 Å². The second-order valence-corrected chi connectivity index (χ2v) is 9.23. The summed E-state index contributed by atoms with van der Waals surface area (Å²) in [5.74, 6) is 0.163. The molecule has 4 rings (SSSR count). The highest BCUT2D eigenvalue weighted by Gasteiger charge is 2.32. The highest BCUT2D eigenvalue weighted by molar-refractivity contribution is 7.89. The number of pyridine rings is 1. The Kier molecular flexibility index (Phi) is 5.65. The van der Waals surface area contributed by atoms with Gasteiger partial charge in [-0.15, -0.1) is 0 Å². The molecule has 0 spiro atoms. The average molecular weight is 449 g/mol. The van der Waals surface area contributed by atoms with Crippen LogP contribution in [0.25, 0.3) is 0 Å². The molecule has 0 saturated carbocycles. The summed E-state index contributed by atoms with van der Waals surface area (Å²) in [4.78, 5) is 17.0. The molecule has 4 bridgehead atoms. The van der Waals surface area contributed by atoms with Crippen molar-refractivity contribution >= 4 is 15.9 Å². The van der Waals surface area contributed by atoms with Crippen molar-refractivity contribution in [2.75, 3.05) is 6.54 Å². The molecule has 0 fully saturated rings. The van der Waals surface area contributed by atoms with Gasteiger partial charge in [-0.05, 0) is 42.8 Å². The second kappa shape index (κ2) is 8.42. The average Bonchev–Trinajstić information content (AvgIpc) is 2.79. The van der Waals surface area contributed by atoms with E-state index in [1.54, 1.807) is 48.8 Å². The lowest BCUT2D eigenvalue weighted by Gasteiger charge is -2.32. The van der Waals surface area contributed by atoms with Crippen molar-refractivity contribution in [2.45, 2.75) is 23.8 Å². The van der Waals surface area contributed by atoms with Gasteiger partial charge in [0.15, 0.2) is 0 Å². The van der Waals surface area contributed by atoms with Gasteiger partial charge in [-0.3, -0.25) is 9.78 Å². The molecule has 0 saturated heterocycles. The molecule has 1 aromatic heterocycles. The number of ether oxygens (including phenoxy) is 1. The Morgan fingerprint density at radius 1 is 1.12 bits per heavy atom. The highest BCUT2D eigenvalue weighted by atomic mass is 32.2. The van der Waals surface area contributed by atoms with Gasteiger partial charge in [-0.25, -0.2) is 13.1 Å². The summed E-state index contributed by atoms with van der Waals surface area (Å²) in [5, 5.41) is 12.6. The van der Waals surface area contributed by atoms with E-state index in [2.05, 4.69) is 21.1 Å². The fourth-order valence-corrected chi connectivity index (χ4v) is 4.60. The summed E-state index contributed by atoms with van der Waals surface area (Å²) in [6, 6.07) is 16.7. The predicted octanol–water partition coefficient (Wildman–Crippen LogP) is 2.81. The van der Waals surface area contributed by atoms with Crippen LogP contribution in [0.1, 0.15) is 30.0 Å².